The number of aryl methyl sites for hydroxylation is 1. The zero-order valence-corrected chi connectivity index (χ0v) is 12.8. The number of ether oxygens (including phenoxy) is 1. The highest BCUT2D eigenvalue weighted by Crippen LogP contribution is 2.43. The van der Waals surface area contributed by atoms with Crippen LogP contribution in [0.1, 0.15) is 51.6 Å². The molecular weight excluding hydrogens is 238 g/mol. The molecular formula is C15H25N3O. The Morgan fingerprint density at radius 1 is 1.37 bits per heavy atom. The maximum absolute atomic E-state index is 5.48. The fourth-order valence-corrected chi connectivity index (χ4v) is 2.63. The Morgan fingerprint density at radius 2 is 2.05 bits per heavy atom. The van der Waals surface area contributed by atoms with Gasteiger partial charge in [0.1, 0.15) is 11.6 Å². The van der Waals surface area contributed by atoms with E-state index < -0.39 is 0 Å². The molecule has 0 aliphatic heterocycles. The van der Waals surface area contributed by atoms with Gasteiger partial charge < -0.3 is 10.1 Å². The van der Waals surface area contributed by atoms with E-state index in [1.807, 2.05) is 13.0 Å². The molecule has 1 N–H and O–H groups in total. The highest BCUT2D eigenvalue weighted by Gasteiger charge is 2.48. The van der Waals surface area contributed by atoms with Crippen LogP contribution in [0, 0.1) is 12.3 Å². The van der Waals surface area contributed by atoms with E-state index in [9.17, 15) is 0 Å². The Bertz CT molecular complexity index is 457. The van der Waals surface area contributed by atoms with Gasteiger partial charge in [-0.2, -0.15) is 0 Å². The minimum absolute atomic E-state index is 0.144. The number of hydrogen-bond acceptors (Lipinski definition) is 4. The molecule has 0 amide bonds. The van der Waals surface area contributed by atoms with Crippen LogP contribution in [0.3, 0.4) is 0 Å². The summed E-state index contributed by atoms with van der Waals surface area (Å²) in [5.74, 6) is 2.19. The van der Waals surface area contributed by atoms with Crippen LogP contribution in [-0.2, 0) is 4.74 Å². The minimum Gasteiger partial charge on any atom is -0.381 e. The third-order valence-electron chi connectivity index (χ3n) is 4.17. The molecule has 0 aromatic carbocycles. The van der Waals surface area contributed by atoms with Crippen molar-refractivity contribution in [2.75, 3.05) is 12.4 Å². The van der Waals surface area contributed by atoms with E-state index in [-0.39, 0.29) is 5.41 Å². The van der Waals surface area contributed by atoms with Gasteiger partial charge in [0.2, 0.25) is 0 Å². The SMILES string of the molecule is COC1CC(Nc2cc(C)nc(C(C)C)n2)C1(C)C. The van der Waals surface area contributed by atoms with E-state index >= 15 is 0 Å². The van der Waals surface area contributed by atoms with Gasteiger partial charge in [-0.25, -0.2) is 9.97 Å². The maximum Gasteiger partial charge on any atom is 0.133 e. The van der Waals surface area contributed by atoms with Gasteiger partial charge in [-0.15, -0.1) is 0 Å². The molecule has 2 rings (SSSR count). The molecule has 4 nitrogen and oxygen atoms in total. The topological polar surface area (TPSA) is 47.0 Å². The van der Waals surface area contributed by atoms with Crippen molar-refractivity contribution in [1.82, 2.24) is 9.97 Å². The van der Waals surface area contributed by atoms with E-state index in [0.29, 0.717) is 18.1 Å². The van der Waals surface area contributed by atoms with Gasteiger partial charge in [-0.1, -0.05) is 27.7 Å². The van der Waals surface area contributed by atoms with Crippen LogP contribution in [0.2, 0.25) is 0 Å². The number of nitrogens with one attached hydrogen (secondary N) is 1. The second-order valence-corrected chi connectivity index (χ2v) is 6.39. The van der Waals surface area contributed by atoms with Gasteiger partial charge in [0.25, 0.3) is 0 Å². The number of rotatable bonds is 4. The third kappa shape index (κ3) is 2.73. The normalized spacial score (nSPS) is 25.2. The van der Waals surface area contributed by atoms with Gasteiger partial charge in [0.15, 0.2) is 0 Å². The lowest BCUT2D eigenvalue weighted by Crippen LogP contribution is -2.57. The molecule has 106 valence electrons. The van der Waals surface area contributed by atoms with Crippen LogP contribution in [0.5, 0.6) is 0 Å². The first-order valence-corrected chi connectivity index (χ1v) is 6.99. The lowest BCUT2D eigenvalue weighted by Gasteiger charge is -2.51. The van der Waals surface area contributed by atoms with Crippen molar-refractivity contribution in [1.29, 1.82) is 0 Å². The van der Waals surface area contributed by atoms with Crippen molar-refractivity contribution in [2.24, 2.45) is 5.41 Å². The largest absolute Gasteiger partial charge is 0.381 e. The molecule has 1 aromatic heterocycles. The molecule has 1 heterocycles. The molecule has 1 aliphatic carbocycles. The van der Waals surface area contributed by atoms with Crippen LogP contribution in [0.25, 0.3) is 0 Å². The van der Waals surface area contributed by atoms with Crippen LogP contribution in [0.4, 0.5) is 5.82 Å². The summed E-state index contributed by atoms with van der Waals surface area (Å²) in [6, 6.07) is 2.43. The van der Waals surface area contributed by atoms with Crippen molar-refractivity contribution >= 4 is 5.82 Å². The lowest BCUT2D eigenvalue weighted by atomic mass is 9.64. The Labute approximate surface area is 116 Å². The fourth-order valence-electron chi connectivity index (χ4n) is 2.63. The number of methoxy groups -OCH3 is 1. The smallest absolute Gasteiger partial charge is 0.133 e. The zero-order valence-electron chi connectivity index (χ0n) is 12.8. The molecule has 2 atom stereocenters. The van der Waals surface area contributed by atoms with Crippen molar-refractivity contribution in [3.8, 4) is 0 Å². The molecule has 0 saturated heterocycles. The molecule has 0 radical (unpaired) electrons. The van der Waals surface area contributed by atoms with Crippen LogP contribution in [-0.4, -0.2) is 29.2 Å². The number of aromatic nitrogens is 2. The molecule has 19 heavy (non-hydrogen) atoms. The summed E-state index contributed by atoms with van der Waals surface area (Å²) in [6.07, 6.45) is 1.36. The predicted molar refractivity (Wildman–Crippen MR) is 77.5 cm³/mol. The predicted octanol–water partition coefficient (Wildman–Crippen LogP) is 3.13. The standard InChI is InChI=1S/C15H25N3O/c1-9(2)14-16-10(3)7-13(18-14)17-11-8-12(19-6)15(11,4)5/h7,9,11-12H,8H2,1-6H3,(H,16,17,18). The summed E-state index contributed by atoms with van der Waals surface area (Å²) in [5.41, 5.74) is 1.16. The molecule has 0 spiro atoms. The molecule has 2 unspecified atom stereocenters. The Kier molecular flexibility index (Phi) is 3.81. The maximum atomic E-state index is 5.48. The first-order valence-electron chi connectivity index (χ1n) is 6.99. The second-order valence-electron chi connectivity index (χ2n) is 6.39. The highest BCUT2D eigenvalue weighted by molar-refractivity contribution is 5.39. The Morgan fingerprint density at radius 3 is 2.58 bits per heavy atom. The Hall–Kier alpha value is -1.16. The monoisotopic (exact) mass is 263 g/mol. The number of nitrogens with zero attached hydrogens (tertiary/aromatic N) is 2. The van der Waals surface area contributed by atoms with E-state index in [0.717, 1.165) is 23.8 Å². The fraction of sp³-hybridized carbons (Fsp3) is 0.733. The first-order chi connectivity index (χ1) is 8.84. The van der Waals surface area contributed by atoms with Crippen molar-refractivity contribution in [2.45, 2.75) is 59.1 Å². The van der Waals surface area contributed by atoms with Gasteiger partial charge in [0, 0.05) is 36.2 Å². The van der Waals surface area contributed by atoms with Crippen LogP contribution in [0.15, 0.2) is 6.07 Å². The van der Waals surface area contributed by atoms with Crippen molar-refractivity contribution in [3.05, 3.63) is 17.6 Å². The molecule has 0 bridgehead atoms. The lowest BCUT2D eigenvalue weighted by molar-refractivity contribution is -0.0795. The van der Waals surface area contributed by atoms with E-state index in [2.05, 4.69) is 43.0 Å². The molecule has 1 aliphatic rings. The van der Waals surface area contributed by atoms with Crippen molar-refractivity contribution < 1.29 is 4.74 Å². The van der Waals surface area contributed by atoms with Gasteiger partial charge in [0.05, 0.1) is 6.10 Å². The van der Waals surface area contributed by atoms with Gasteiger partial charge in [-0.05, 0) is 13.3 Å². The first kappa shape index (κ1) is 14.3. The summed E-state index contributed by atoms with van der Waals surface area (Å²) in [5, 5.41) is 3.54. The molecule has 1 saturated carbocycles. The Balaban J connectivity index is 2.12. The molecule has 1 fully saturated rings. The quantitative estimate of drug-likeness (QED) is 0.906. The average Bonchev–Trinajstić information content (AvgIpc) is 2.33. The zero-order chi connectivity index (χ0) is 14.2. The average molecular weight is 263 g/mol. The molecule has 4 heteroatoms. The van der Waals surface area contributed by atoms with Crippen LogP contribution < -0.4 is 5.32 Å². The summed E-state index contributed by atoms with van der Waals surface area (Å²) in [7, 11) is 1.79. The number of anilines is 1. The minimum atomic E-state index is 0.144. The van der Waals surface area contributed by atoms with Gasteiger partial charge >= 0.3 is 0 Å². The molecule has 1 aromatic rings. The van der Waals surface area contributed by atoms with Crippen LogP contribution >= 0.6 is 0 Å². The second kappa shape index (κ2) is 5.08. The summed E-state index contributed by atoms with van der Waals surface area (Å²) < 4.78 is 5.48. The van der Waals surface area contributed by atoms with E-state index in [1.54, 1.807) is 7.11 Å². The summed E-state index contributed by atoms with van der Waals surface area (Å²) in [6.45, 7) is 10.7. The summed E-state index contributed by atoms with van der Waals surface area (Å²) >= 11 is 0. The number of hydrogen-bond donors (Lipinski definition) is 1. The van der Waals surface area contributed by atoms with E-state index in [4.69, 9.17) is 4.74 Å². The van der Waals surface area contributed by atoms with Crippen molar-refractivity contribution in [3.63, 3.8) is 0 Å². The summed E-state index contributed by atoms with van der Waals surface area (Å²) in [4.78, 5) is 9.08. The van der Waals surface area contributed by atoms with Gasteiger partial charge in [-0.3, -0.25) is 0 Å². The third-order valence-corrected chi connectivity index (χ3v) is 4.17. The van der Waals surface area contributed by atoms with E-state index in [1.165, 1.54) is 0 Å². The highest BCUT2D eigenvalue weighted by atomic mass is 16.5.